The molecule has 162 valence electrons. The number of fused-ring (bicyclic) bond motifs is 3. The molecule has 4 unspecified atom stereocenters. The number of aliphatic carboxylic acids is 1. The molecular formula is C24H33N3O3. The van der Waals surface area contributed by atoms with E-state index in [4.69, 9.17) is 9.72 Å². The summed E-state index contributed by atoms with van der Waals surface area (Å²) in [6.07, 6.45) is 8.90. The summed E-state index contributed by atoms with van der Waals surface area (Å²) in [6, 6.07) is 5.12. The van der Waals surface area contributed by atoms with Gasteiger partial charge < -0.3 is 19.7 Å². The first kappa shape index (κ1) is 19.9. The minimum Gasteiger partial charge on any atom is -0.481 e. The second-order valence-corrected chi connectivity index (χ2v) is 9.58. The lowest BCUT2D eigenvalue weighted by Gasteiger charge is -2.30. The maximum absolute atomic E-state index is 11.7. The van der Waals surface area contributed by atoms with Gasteiger partial charge in [-0.3, -0.25) is 4.79 Å². The molecule has 1 saturated heterocycles. The van der Waals surface area contributed by atoms with Crippen molar-refractivity contribution in [3.05, 3.63) is 23.5 Å². The second-order valence-electron chi connectivity index (χ2n) is 9.58. The average Bonchev–Trinajstić information content (AvgIpc) is 3.12. The number of carbonyl (C=O) groups is 1. The minimum atomic E-state index is -0.651. The van der Waals surface area contributed by atoms with Crippen molar-refractivity contribution in [2.75, 3.05) is 18.5 Å². The van der Waals surface area contributed by atoms with Crippen LogP contribution in [-0.4, -0.2) is 39.9 Å². The first-order chi connectivity index (χ1) is 14.6. The van der Waals surface area contributed by atoms with Gasteiger partial charge in [-0.25, -0.2) is 4.98 Å². The quantitative estimate of drug-likeness (QED) is 0.771. The molecule has 3 aliphatic rings. The molecule has 2 fully saturated rings. The van der Waals surface area contributed by atoms with Crippen LogP contribution < -0.4 is 5.32 Å². The summed E-state index contributed by atoms with van der Waals surface area (Å²) >= 11 is 0. The van der Waals surface area contributed by atoms with E-state index in [-0.39, 0.29) is 12.0 Å². The van der Waals surface area contributed by atoms with Gasteiger partial charge in [0.2, 0.25) is 0 Å². The highest BCUT2D eigenvalue weighted by molar-refractivity contribution is 5.86. The van der Waals surface area contributed by atoms with Gasteiger partial charge >= 0.3 is 5.97 Å². The van der Waals surface area contributed by atoms with E-state index < -0.39 is 5.97 Å². The zero-order valence-corrected chi connectivity index (χ0v) is 17.9. The Labute approximate surface area is 178 Å². The largest absolute Gasteiger partial charge is 0.481 e. The fraction of sp³-hybridized carbons (Fsp3) is 0.667. The van der Waals surface area contributed by atoms with E-state index >= 15 is 0 Å². The lowest BCUT2D eigenvalue weighted by molar-refractivity contribution is -0.143. The number of aryl methyl sites for hydroxylation is 1. The SMILES string of the molecule is CC1CCc2c(ccc3c2nc(CC2CCCOC2)n3C2CCCC(C(=O)O)C2)N1. The van der Waals surface area contributed by atoms with Crippen molar-refractivity contribution in [3.63, 3.8) is 0 Å². The Hall–Kier alpha value is -2.08. The molecule has 2 aliphatic heterocycles. The van der Waals surface area contributed by atoms with Gasteiger partial charge in [-0.15, -0.1) is 0 Å². The average molecular weight is 412 g/mol. The number of aromatic nitrogens is 2. The summed E-state index contributed by atoms with van der Waals surface area (Å²) < 4.78 is 8.15. The molecular weight excluding hydrogens is 378 g/mol. The first-order valence-corrected chi connectivity index (χ1v) is 11.7. The lowest BCUT2D eigenvalue weighted by Crippen LogP contribution is -2.27. The van der Waals surface area contributed by atoms with Crippen molar-refractivity contribution in [2.24, 2.45) is 11.8 Å². The first-order valence-electron chi connectivity index (χ1n) is 11.7. The summed E-state index contributed by atoms with van der Waals surface area (Å²) in [7, 11) is 0. The van der Waals surface area contributed by atoms with Crippen LogP contribution in [0.2, 0.25) is 0 Å². The third kappa shape index (κ3) is 3.70. The van der Waals surface area contributed by atoms with Crippen molar-refractivity contribution in [1.29, 1.82) is 0 Å². The predicted molar refractivity (Wildman–Crippen MR) is 117 cm³/mol. The van der Waals surface area contributed by atoms with Gasteiger partial charge in [-0.2, -0.15) is 0 Å². The lowest BCUT2D eigenvalue weighted by atomic mass is 9.85. The van der Waals surface area contributed by atoms with Crippen molar-refractivity contribution < 1.29 is 14.6 Å². The number of hydrogen-bond donors (Lipinski definition) is 2. The molecule has 1 aromatic heterocycles. The molecule has 3 heterocycles. The number of carboxylic acid groups (broad SMARTS) is 1. The molecule has 5 rings (SSSR count). The van der Waals surface area contributed by atoms with Crippen LogP contribution in [0, 0.1) is 11.8 Å². The van der Waals surface area contributed by atoms with E-state index in [1.54, 1.807) is 0 Å². The maximum atomic E-state index is 11.7. The highest BCUT2D eigenvalue weighted by Crippen LogP contribution is 2.39. The topological polar surface area (TPSA) is 76.4 Å². The predicted octanol–water partition coefficient (Wildman–Crippen LogP) is 4.57. The van der Waals surface area contributed by atoms with Gasteiger partial charge in [0.15, 0.2) is 0 Å². The summed E-state index contributed by atoms with van der Waals surface area (Å²) in [5.74, 6) is 0.736. The number of benzene rings is 1. The van der Waals surface area contributed by atoms with E-state index in [9.17, 15) is 9.90 Å². The van der Waals surface area contributed by atoms with Gasteiger partial charge in [-0.05, 0) is 69.9 Å². The van der Waals surface area contributed by atoms with E-state index in [0.29, 0.717) is 18.4 Å². The Morgan fingerprint density at radius 3 is 2.97 bits per heavy atom. The zero-order chi connectivity index (χ0) is 20.7. The monoisotopic (exact) mass is 411 g/mol. The Balaban J connectivity index is 1.57. The van der Waals surface area contributed by atoms with Crippen molar-refractivity contribution in [2.45, 2.75) is 76.8 Å². The van der Waals surface area contributed by atoms with Gasteiger partial charge in [0.1, 0.15) is 5.82 Å². The number of anilines is 1. The van der Waals surface area contributed by atoms with Crippen LogP contribution in [0.4, 0.5) is 5.69 Å². The fourth-order valence-corrected chi connectivity index (χ4v) is 5.75. The van der Waals surface area contributed by atoms with Crippen LogP contribution >= 0.6 is 0 Å². The molecule has 1 aliphatic carbocycles. The van der Waals surface area contributed by atoms with E-state index in [2.05, 4.69) is 28.9 Å². The Kier molecular flexibility index (Phi) is 5.44. The molecule has 2 aromatic rings. The van der Waals surface area contributed by atoms with E-state index in [0.717, 1.165) is 69.5 Å². The van der Waals surface area contributed by atoms with Crippen LogP contribution in [0.15, 0.2) is 12.1 Å². The van der Waals surface area contributed by atoms with Crippen LogP contribution in [0.25, 0.3) is 11.0 Å². The standard InChI is InChI=1S/C24H33N3O3/c1-15-7-8-19-20(25-15)9-10-21-23(19)26-22(12-16-4-3-11-30-14-16)27(21)18-6-2-5-17(13-18)24(28)29/h9-10,15-18,25H,2-8,11-14H2,1H3,(H,28,29). The summed E-state index contributed by atoms with van der Waals surface area (Å²) in [4.78, 5) is 16.9. The molecule has 30 heavy (non-hydrogen) atoms. The normalized spacial score (nSPS) is 29.4. The number of nitrogens with one attached hydrogen (secondary N) is 1. The van der Waals surface area contributed by atoms with Gasteiger partial charge in [0.25, 0.3) is 0 Å². The van der Waals surface area contributed by atoms with E-state index in [1.807, 2.05) is 0 Å². The second kappa shape index (κ2) is 8.22. The zero-order valence-electron chi connectivity index (χ0n) is 17.9. The Morgan fingerprint density at radius 2 is 2.17 bits per heavy atom. The fourth-order valence-electron chi connectivity index (χ4n) is 5.75. The van der Waals surface area contributed by atoms with Crippen LogP contribution in [-0.2, 0) is 22.4 Å². The highest BCUT2D eigenvalue weighted by atomic mass is 16.5. The molecule has 0 spiro atoms. The number of nitrogens with zero attached hydrogens (tertiary/aromatic N) is 2. The number of carboxylic acids is 1. The molecule has 0 bridgehead atoms. The molecule has 1 aromatic carbocycles. The number of rotatable bonds is 4. The van der Waals surface area contributed by atoms with Gasteiger partial charge in [0, 0.05) is 43.0 Å². The van der Waals surface area contributed by atoms with Gasteiger partial charge in [-0.1, -0.05) is 6.42 Å². The molecule has 4 atom stereocenters. The Bertz CT molecular complexity index is 931. The molecule has 2 N–H and O–H groups in total. The number of imidazole rings is 1. The number of ether oxygens (including phenoxy) is 1. The van der Waals surface area contributed by atoms with Crippen LogP contribution in [0.1, 0.15) is 69.3 Å². The third-order valence-corrected chi connectivity index (χ3v) is 7.36. The summed E-state index contributed by atoms with van der Waals surface area (Å²) in [5.41, 5.74) is 4.85. The smallest absolute Gasteiger partial charge is 0.306 e. The van der Waals surface area contributed by atoms with Crippen LogP contribution in [0.5, 0.6) is 0 Å². The van der Waals surface area contributed by atoms with E-state index in [1.165, 1.54) is 23.2 Å². The molecule has 1 saturated carbocycles. The van der Waals surface area contributed by atoms with Crippen LogP contribution in [0.3, 0.4) is 0 Å². The number of hydrogen-bond acceptors (Lipinski definition) is 4. The van der Waals surface area contributed by atoms with Crippen molar-refractivity contribution in [1.82, 2.24) is 9.55 Å². The van der Waals surface area contributed by atoms with Gasteiger partial charge in [0.05, 0.1) is 17.0 Å². The van der Waals surface area contributed by atoms with Crippen molar-refractivity contribution >= 4 is 22.7 Å². The summed E-state index contributed by atoms with van der Waals surface area (Å²) in [5, 5.41) is 13.2. The van der Waals surface area contributed by atoms with Crippen molar-refractivity contribution in [3.8, 4) is 0 Å². The highest BCUT2D eigenvalue weighted by Gasteiger charge is 2.32. The molecule has 6 heteroatoms. The Morgan fingerprint density at radius 1 is 1.27 bits per heavy atom. The minimum absolute atomic E-state index is 0.220. The molecule has 0 amide bonds. The third-order valence-electron chi connectivity index (χ3n) is 7.36. The summed E-state index contributed by atoms with van der Waals surface area (Å²) in [6.45, 7) is 3.91. The molecule has 0 radical (unpaired) electrons. The maximum Gasteiger partial charge on any atom is 0.306 e. The molecule has 6 nitrogen and oxygen atoms in total.